The van der Waals surface area contributed by atoms with Crippen molar-refractivity contribution in [2.45, 2.75) is 65.1 Å². The van der Waals surface area contributed by atoms with Crippen molar-refractivity contribution in [2.75, 3.05) is 0 Å². The zero-order chi connectivity index (χ0) is 16.6. The van der Waals surface area contributed by atoms with Gasteiger partial charge in [0.1, 0.15) is 0 Å². The van der Waals surface area contributed by atoms with Crippen LogP contribution in [0.2, 0.25) is 0 Å². The van der Waals surface area contributed by atoms with Crippen molar-refractivity contribution in [2.24, 2.45) is 11.8 Å². The van der Waals surface area contributed by atoms with E-state index in [-0.39, 0.29) is 11.7 Å². The first-order chi connectivity index (χ1) is 10.9. The molecule has 0 N–H and O–H groups in total. The van der Waals surface area contributed by atoms with E-state index in [1.165, 1.54) is 35.1 Å². The molecule has 1 saturated heterocycles. The van der Waals surface area contributed by atoms with Crippen molar-refractivity contribution in [1.82, 2.24) is 0 Å². The number of ether oxygens (including phenoxy) is 1. The van der Waals surface area contributed by atoms with E-state index in [0.717, 1.165) is 12.8 Å². The molecule has 1 nitrogen and oxygen atoms in total. The number of rotatable bonds is 3. The van der Waals surface area contributed by atoms with Crippen molar-refractivity contribution >= 4 is 0 Å². The first kappa shape index (κ1) is 16.5. The van der Waals surface area contributed by atoms with Gasteiger partial charge < -0.3 is 4.74 Å². The van der Waals surface area contributed by atoms with E-state index >= 15 is 0 Å². The van der Waals surface area contributed by atoms with E-state index in [1.54, 1.807) is 0 Å². The molecule has 4 atom stereocenters. The van der Waals surface area contributed by atoms with E-state index < -0.39 is 0 Å². The van der Waals surface area contributed by atoms with Crippen LogP contribution in [0.25, 0.3) is 0 Å². The molecule has 0 aromatic heterocycles. The second kappa shape index (κ2) is 6.28. The summed E-state index contributed by atoms with van der Waals surface area (Å²) < 4.78 is 6.78. The average molecular weight is 310 g/mol. The molecule has 1 aromatic rings. The summed E-state index contributed by atoms with van der Waals surface area (Å²) in [5, 5.41) is 0. The quantitative estimate of drug-likeness (QED) is 0.608. The Labute approximate surface area is 141 Å². The van der Waals surface area contributed by atoms with E-state index in [9.17, 15) is 0 Å². The van der Waals surface area contributed by atoms with Crippen molar-refractivity contribution in [3.63, 3.8) is 0 Å². The van der Waals surface area contributed by atoms with Gasteiger partial charge in [0, 0.05) is 5.92 Å². The van der Waals surface area contributed by atoms with Crippen LogP contribution in [0.5, 0.6) is 0 Å². The van der Waals surface area contributed by atoms with Gasteiger partial charge in [0.2, 0.25) is 0 Å². The highest BCUT2D eigenvalue weighted by Gasteiger charge is 2.48. The Hall–Kier alpha value is -1.34. The van der Waals surface area contributed by atoms with Crippen LogP contribution in [0.4, 0.5) is 0 Å². The van der Waals surface area contributed by atoms with E-state index in [0.29, 0.717) is 11.8 Å². The number of aryl methyl sites for hydroxylation is 1. The lowest BCUT2D eigenvalue weighted by Crippen LogP contribution is -2.48. The molecular weight excluding hydrogens is 280 g/mol. The predicted octanol–water partition coefficient (Wildman–Crippen LogP) is 6.15. The lowest BCUT2D eigenvalue weighted by molar-refractivity contribution is -0.181. The molecule has 0 spiro atoms. The fourth-order valence-electron chi connectivity index (χ4n) is 4.17. The molecule has 2 aliphatic rings. The zero-order valence-corrected chi connectivity index (χ0v) is 15.1. The Bertz CT molecular complexity index is 605. The van der Waals surface area contributed by atoms with Crippen LogP contribution in [-0.2, 0) is 4.74 Å². The molecule has 0 amide bonds. The van der Waals surface area contributed by atoms with Crippen LogP contribution in [-0.4, -0.2) is 5.60 Å². The van der Waals surface area contributed by atoms with Crippen molar-refractivity contribution in [3.8, 4) is 0 Å². The normalized spacial score (nSPS) is 33.4. The molecule has 1 saturated carbocycles. The molecule has 0 unspecified atom stereocenters. The predicted molar refractivity (Wildman–Crippen MR) is 97.4 cm³/mol. The van der Waals surface area contributed by atoms with E-state index in [4.69, 9.17) is 4.74 Å². The van der Waals surface area contributed by atoms with Gasteiger partial charge in [-0.15, -0.1) is 0 Å². The van der Waals surface area contributed by atoms with Gasteiger partial charge in [0.05, 0.1) is 11.7 Å². The molecule has 3 rings (SSSR count). The lowest BCUT2D eigenvalue weighted by Gasteiger charge is -2.52. The Kier molecular flexibility index (Phi) is 4.51. The molecule has 1 aliphatic heterocycles. The fourth-order valence-corrected chi connectivity index (χ4v) is 4.17. The third-order valence-corrected chi connectivity index (χ3v) is 5.82. The van der Waals surface area contributed by atoms with Crippen LogP contribution in [0, 0.1) is 18.8 Å². The molecule has 2 bridgehead atoms. The number of hydrogen-bond donors (Lipinski definition) is 0. The lowest BCUT2D eigenvalue weighted by atomic mass is 9.65. The molecule has 1 aliphatic carbocycles. The number of fused-ring (bicyclic) bond motifs is 2. The minimum absolute atomic E-state index is 0.0516. The highest BCUT2D eigenvalue weighted by Crippen LogP contribution is 2.53. The van der Waals surface area contributed by atoms with Crippen molar-refractivity contribution < 1.29 is 4.74 Å². The van der Waals surface area contributed by atoms with Gasteiger partial charge in [0.15, 0.2) is 0 Å². The standard InChI is InChI=1S/C22H30O/c1-15(2)12-13-22(5)19-11-8-17(4)20(14-19)21(23-22)18-9-6-16(3)7-10-18/h6-7,9-10,12,19-21H,4,8,11,13-14H2,1-3,5H3/t19-,20+,21-,22-/m0/s1. The molecule has 1 heterocycles. The smallest absolute Gasteiger partial charge is 0.0897 e. The monoisotopic (exact) mass is 310 g/mol. The molecular formula is C22H30O. The molecule has 124 valence electrons. The summed E-state index contributed by atoms with van der Waals surface area (Å²) in [4.78, 5) is 0. The summed E-state index contributed by atoms with van der Waals surface area (Å²) in [5.74, 6) is 1.13. The van der Waals surface area contributed by atoms with Gasteiger partial charge in [-0.05, 0) is 64.9 Å². The van der Waals surface area contributed by atoms with Crippen molar-refractivity contribution in [3.05, 3.63) is 59.2 Å². The Morgan fingerprint density at radius 1 is 1.30 bits per heavy atom. The second-order valence-electron chi connectivity index (χ2n) is 7.98. The summed E-state index contributed by atoms with van der Waals surface area (Å²) in [7, 11) is 0. The van der Waals surface area contributed by atoms with Crippen LogP contribution < -0.4 is 0 Å². The van der Waals surface area contributed by atoms with Gasteiger partial charge in [-0.25, -0.2) is 0 Å². The molecule has 0 radical (unpaired) electrons. The average Bonchev–Trinajstić information content (AvgIpc) is 2.52. The zero-order valence-electron chi connectivity index (χ0n) is 15.1. The Morgan fingerprint density at radius 2 is 2.00 bits per heavy atom. The molecule has 23 heavy (non-hydrogen) atoms. The topological polar surface area (TPSA) is 9.23 Å². The summed E-state index contributed by atoms with van der Waals surface area (Å²) in [5.41, 5.74) is 5.33. The summed E-state index contributed by atoms with van der Waals surface area (Å²) in [6.07, 6.45) is 7.13. The molecule has 2 fully saturated rings. The third kappa shape index (κ3) is 3.30. The van der Waals surface area contributed by atoms with E-state index in [1.807, 2.05) is 0 Å². The second-order valence-corrected chi connectivity index (χ2v) is 7.98. The van der Waals surface area contributed by atoms with Gasteiger partial charge >= 0.3 is 0 Å². The molecule has 1 aromatic carbocycles. The maximum Gasteiger partial charge on any atom is 0.0897 e. The fraction of sp³-hybridized carbons (Fsp3) is 0.545. The summed E-state index contributed by atoms with van der Waals surface area (Å²) in [6, 6.07) is 8.88. The molecule has 1 heteroatoms. The largest absolute Gasteiger partial charge is 0.366 e. The van der Waals surface area contributed by atoms with Gasteiger partial charge in [-0.2, -0.15) is 0 Å². The number of benzene rings is 1. The Balaban J connectivity index is 1.92. The summed E-state index contributed by atoms with van der Waals surface area (Å²) >= 11 is 0. The van der Waals surface area contributed by atoms with Crippen LogP contribution >= 0.6 is 0 Å². The van der Waals surface area contributed by atoms with Gasteiger partial charge in [-0.3, -0.25) is 0 Å². The highest BCUT2D eigenvalue weighted by molar-refractivity contribution is 5.28. The first-order valence-corrected chi connectivity index (χ1v) is 8.94. The van der Waals surface area contributed by atoms with E-state index in [2.05, 4.69) is 64.6 Å². The van der Waals surface area contributed by atoms with Crippen LogP contribution in [0.15, 0.2) is 48.1 Å². The van der Waals surface area contributed by atoms with Crippen LogP contribution in [0.3, 0.4) is 0 Å². The van der Waals surface area contributed by atoms with Gasteiger partial charge in [-0.1, -0.05) is 53.6 Å². The number of allylic oxidation sites excluding steroid dienone is 1. The summed E-state index contributed by atoms with van der Waals surface area (Å²) in [6.45, 7) is 13.2. The minimum Gasteiger partial charge on any atom is -0.366 e. The maximum atomic E-state index is 6.78. The maximum absolute atomic E-state index is 6.78. The van der Waals surface area contributed by atoms with Crippen molar-refractivity contribution in [1.29, 1.82) is 0 Å². The Morgan fingerprint density at radius 3 is 2.65 bits per heavy atom. The number of hydrogen-bond acceptors (Lipinski definition) is 1. The highest BCUT2D eigenvalue weighted by atomic mass is 16.5. The first-order valence-electron chi connectivity index (χ1n) is 8.94. The van der Waals surface area contributed by atoms with Crippen LogP contribution in [0.1, 0.15) is 63.7 Å². The minimum atomic E-state index is -0.0516. The SMILES string of the molecule is C=C1CC[C@H]2C[C@H]1[C@H](c1ccc(C)cc1)O[C@@]2(C)CC=C(C)C. The van der Waals surface area contributed by atoms with Gasteiger partial charge in [0.25, 0.3) is 0 Å². The third-order valence-electron chi connectivity index (χ3n) is 5.82.